The zero-order valence-electron chi connectivity index (χ0n) is 20.9. The molecule has 7 heteroatoms. The molecular weight excluding hydrogens is 406 g/mol. The first-order chi connectivity index (χ1) is 14.9. The van der Waals surface area contributed by atoms with Crippen LogP contribution in [0, 0.1) is 0 Å². The summed E-state index contributed by atoms with van der Waals surface area (Å²) in [6.45, 7) is 14.8. The third-order valence-electron chi connectivity index (χ3n) is 5.18. The van der Waals surface area contributed by atoms with Crippen molar-refractivity contribution in [1.29, 1.82) is 0 Å². The Balaban J connectivity index is 3.27. The Hall–Kier alpha value is -2.57. The number of nitrogens with zero attached hydrogens (tertiary/aromatic N) is 1. The van der Waals surface area contributed by atoms with Gasteiger partial charge in [0.1, 0.15) is 17.7 Å². The Kier molecular flexibility index (Phi) is 10.7. The summed E-state index contributed by atoms with van der Waals surface area (Å²) in [5.74, 6) is -0.562. The van der Waals surface area contributed by atoms with E-state index in [-0.39, 0.29) is 23.9 Å². The predicted octanol–water partition coefficient (Wildman–Crippen LogP) is 4.57. The van der Waals surface area contributed by atoms with Gasteiger partial charge in [-0.25, -0.2) is 4.79 Å². The topological polar surface area (TPSA) is 87.7 Å². The zero-order chi connectivity index (χ0) is 24.5. The van der Waals surface area contributed by atoms with Gasteiger partial charge in [0, 0.05) is 12.1 Å². The molecule has 1 aromatic rings. The maximum atomic E-state index is 13.6. The minimum Gasteiger partial charge on any atom is -0.444 e. The van der Waals surface area contributed by atoms with Crippen molar-refractivity contribution >= 4 is 17.9 Å². The molecule has 1 aromatic carbocycles. The van der Waals surface area contributed by atoms with Gasteiger partial charge in [-0.3, -0.25) is 9.59 Å². The molecular formula is C25H41N3O4. The van der Waals surface area contributed by atoms with Gasteiger partial charge in [0.15, 0.2) is 0 Å². The number of rotatable bonds is 10. The Bertz CT molecular complexity index is 745. The van der Waals surface area contributed by atoms with Crippen molar-refractivity contribution in [3.8, 4) is 0 Å². The molecule has 2 N–H and O–H groups in total. The van der Waals surface area contributed by atoms with Gasteiger partial charge in [-0.1, -0.05) is 50.6 Å². The van der Waals surface area contributed by atoms with Crippen LogP contribution in [0.1, 0.15) is 86.3 Å². The molecule has 0 radical (unpaired) electrons. The van der Waals surface area contributed by atoms with Crippen LogP contribution in [0.2, 0.25) is 0 Å². The number of nitrogens with one attached hydrogen (secondary N) is 2. The normalized spacial score (nSPS) is 15.1. The van der Waals surface area contributed by atoms with Gasteiger partial charge < -0.3 is 20.3 Å². The quantitative estimate of drug-likeness (QED) is 0.550. The van der Waals surface area contributed by atoms with E-state index in [2.05, 4.69) is 17.6 Å². The lowest BCUT2D eigenvalue weighted by molar-refractivity contribution is -0.145. The molecule has 0 aliphatic carbocycles. The largest absolute Gasteiger partial charge is 0.444 e. The van der Waals surface area contributed by atoms with Crippen LogP contribution in [0.15, 0.2) is 30.3 Å². The molecule has 0 aliphatic heterocycles. The number of carbonyl (C=O) groups is 3. The molecule has 180 valence electrons. The second-order valence-corrected chi connectivity index (χ2v) is 9.38. The van der Waals surface area contributed by atoms with E-state index in [1.54, 1.807) is 32.6 Å². The second kappa shape index (κ2) is 12.5. The molecule has 4 atom stereocenters. The van der Waals surface area contributed by atoms with E-state index in [1.807, 2.05) is 51.1 Å². The molecule has 0 saturated heterocycles. The summed E-state index contributed by atoms with van der Waals surface area (Å²) in [6, 6.07) is 7.39. The summed E-state index contributed by atoms with van der Waals surface area (Å²) in [7, 11) is 0. The van der Waals surface area contributed by atoms with Gasteiger partial charge in [0.25, 0.3) is 0 Å². The van der Waals surface area contributed by atoms with Crippen LogP contribution in [0.4, 0.5) is 4.79 Å². The number of amides is 3. The fourth-order valence-electron chi connectivity index (χ4n) is 3.47. The average molecular weight is 448 g/mol. The second-order valence-electron chi connectivity index (χ2n) is 9.38. The van der Waals surface area contributed by atoms with Crippen molar-refractivity contribution in [1.82, 2.24) is 15.5 Å². The lowest BCUT2D eigenvalue weighted by atomic mass is 9.99. The van der Waals surface area contributed by atoms with Crippen molar-refractivity contribution in [2.45, 2.75) is 104 Å². The van der Waals surface area contributed by atoms with Crippen molar-refractivity contribution in [2.24, 2.45) is 0 Å². The summed E-state index contributed by atoms with van der Waals surface area (Å²) in [4.78, 5) is 40.8. The highest BCUT2D eigenvalue weighted by atomic mass is 16.6. The molecule has 0 aromatic heterocycles. The summed E-state index contributed by atoms with van der Waals surface area (Å²) < 4.78 is 5.30. The highest BCUT2D eigenvalue weighted by Gasteiger charge is 2.37. The molecule has 7 nitrogen and oxygen atoms in total. The van der Waals surface area contributed by atoms with E-state index >= 15 is 0 Å². The number of ether oxygens (including phenoxy) is 1. The number of carbonyl (C=O) groups excluding carboxylic acids is 3. The summed E-state index contributed by atoms with van der Waals surface area (Å²) in [6.07, 6.45) is 1.79. The predicted molar refractivity (Wildman–Crippen MR) is 127 cm³/mol. The summed E-state index contributed by atoms with van der Waals surface area (Å²) >= 11 is 0. The zero-order valence-corrected chi connectivity index (χ0v) is 20.9. The van der Waals surface area contributed by atoms with Crippen LogP contribution in [0.3, 0.4) is 0 Å². The first-order valence-electron chi connectivity index (χ1n) is 11.6. The summed E-state index contributed by atoms with van der Waals surface area (Å²) in [5.41, 5.74) is 0.0531. The Morgan fingerprint density at radius 2 is 1.59 bits per heavy atom. The van der Waals surface area contributed by atoms with E-state index < -0.39 is 23.8 Å². The number of hydrogen-bond acceptors (Lipinski definition) is 4. The Morgan fingerprint density at radius 3 is 2.09 bits per heavy atom. The molecule has 0 spiro atoms. The van der Waals surface area contributed by atoms with Crippen LogP contribution in [-0.4, -0.2) is 46.5 Å². The molecule has 1 rings (SSSR count). The fourth-order valence-corrected chi connectivity index (χ4v) is 3.47. The lowest BCUT2D eigenvalue weighted by Gasteiger charge is -2.38. The van der Waals surface area contributed by atoms with Gasteiger partial charge in [0.05, 0.1) is 0 Å². The smallest absolute Gasteiger partial charge is 0.408 e. The highest BCUT2D eigenvalue weighted by molar-refractivity contribution is 5.92. The lowest BCUT2D eigenvalue weighted by Crippen LogP contribution is -2.55. The van der Waals surface area contributed by atoms with Crippen molar-refractivity contribution in [2.75, 3.05) is 0 Å². The molecule has 0 aliphatic rings. The molecule has 0 heterocycles. The van der Waals surface area contributed by atoms with Crippen LogP contribution in [0.25, 0.3) is 0 Å². The molecule has 0 bridgehead atoms. The van der Waals surface area contributed by atoms with Gasteiger partial charge >= 0.3 is 6.09 Å². The highest BCUT2D eigenvalue weighted by Crippen LogP contribution is 2.26. The van der Waals surface area contributed by atoms with Crippen LogP contribution >= 0.6 is 0 Å². The number of benzene rings is 1. The van der Waals surface area contributed by atoms with Crippen molar-refractivity contribution in [3.05, 3.63) is 35.9 Å². The van der Waals surface area contributed by atoms with E-state index in [0.29, 0.717) is 6.42 Å². The van der Waals surface area contributed by atoms with E-state index in [1.165, 1.54) is 0 Å². The molecule has 0 saturated carbocycles. The minimum atomic E-state index is -0.856. The van der Waals surface area contributed by atoms with Gasteiger partial charge in [-0.2, -0.15) is 0 Å². The van der Waals surface area contributed by atoms with Gasteiger partial charge in [-0.15, -0.1) is 0 Å². The van der Waals surface area contributed by atoms with Crippen LogP contribution in [-0.2, 0) is 14.3 Å². The first kappa shape index (κ1) is 27.5. The average Bonchev–Trinajstić information content (AvgIpc) is 2.69. The van der Waals surface area contributed by atoms with E-state index in [4.69, 9.17) is 4.74 Å². The summed E-state index contributed by atoms with van der Waals surface area (Å²) in [5, 5.41) is 5.68. The maximum absolute atomic E-state index is 13.6. The molecule has 4 unspecified atom stereocenters. The van der Waals surface area contributed by atoms with Crippen molar-refractivity contribution in [3.63, 3.8) is 0 Å². The number of hydrogen-bond donors (Lipinski definition) is 2. The van der Waals surface area contributed by atoms with E-state index in [0.717, 1.165) is 18.4 Å². The monoisotopic (exact) mass is 447 g/mol. The van der Waals surface area contributed by atoms with Gasteiger partial charge in [0.2, 0.25) is 11.8 Å². The van der Waals surface area contributed by atoms with Crippen LogP contribution in [0.5, 0.6) is 0 Å². The number of alkyl carbamates (subject to hydrolysis) is 1. The minimum absolute atomic E-state index is 0.00934. The SMILES string of the molecule is CCCC(C)NC(=O)C(c1ccccc1)N(C(=O)C(C)NC(=O)OC(C)(C)C)C(C)CC. The molecule has 32 heavy (non-hydrogen) atoms. The van der Waals surface area contributed by atoms with Gasteiger partial charge in [-0.05, 0) is 59.9 Å². The molecule has 3 amide bonds. The maximum Gasteiger partial charge on any atom is 0.408 e. The third kappa shape index (κ3) is 8.52. The van der Waals surface area contributed by atoms with E-state index in [9.17, 15) is 14.4 Å². The third-order valence-corrected chi connectivity index (χ3v) is 5.18. The Labute approximate surface area is 193 Å². The molecule has 0 fully saturated rings. The first-order valence-corrected chi connectivity index (χ1v) is 11.6. The Morgan fingerprint density at radius 1 is 1.00 bits per heavy atom. The van der Waals surface area contributed by atoms with Crippen molar-refractivity contribution < 1.29 is 19.1 Å². The van der Waals surface area contributed by atoms with Crippen LogP contribution < -0.4 is 10.6 Å². The fraction of sp³-hybridized carbons (Fsp3) is 0.640. The standard InChI is InChI=1S/C25H41N3O4/c1-9-14-17(3)26-22(29)21(20-15-12-11-13-16-20)28(18(4)10-2)23(30)19(5)27-24(31)32-25(6,7)8/h11-13,15-19,21H,9-10,14H2,1-8H3,(H,26,29)(H,27,31).